The Labute approximate surface area is 179 Å². The monoisotopic (exact) mass is 421 g/mol. The number of anilines is 2. The van der Waals surface area contributed by atoms with Crippen LogP contribution in [0.15, 0.2) is 65.5 Å². The second-order valence-electron chi connectivity index (χ2n) is 7.55. The minimum atomic E-state index is -0.371. The summed E-state index contributed by atoms with van der Waals surface area (Å²) in [6, 6.07) is 16.4. The van der Waals surface area contributed by atoms with Crippen molar-refractivity contribution in [2.24, 2.45) is 0 Å². The van der Waals surface area contributed by atoms with Crippen LogP contribution in [0.2, 0.25) is 0 Å². The Hall–Kier alpha value is -3.68. The van der Waals surface area contributed by atoms with Crippen LogP contribution in [0.1, 0.15) is 12.0 Å². The molecule has 1 aliphatic rings. The van der Waals surface area contributed by atoms with Gasteiger partial charge >= 0.3 is 6.03 Å². The van der Waals surface area contributed by atoms with E-state index in [1.165, 1.54) is 35.0 Å². The van der Waals surface area contributed by atoms with E-state index in [-0.39, 0.29) is 17.4 Å². The first-order valence-corrected chi connectivity index (χ1v) is 10.2. The van der Waals surface area contributed by atoms with Crippen molar-refractivity contribution in [3.63, 3.8) is 0 Å². The van der Waals surface area contributed by atoms with Gasteiger partial charge in [-0.25, -0.2) is 9.18 Å². The lowest BCUT2D eigenvalue weighted by Gasteiger charge is -2.23. The molecule has 2 amide bonds. The van der Waals surface area contributed by atoms with Gasteiger partial charge in [0.05, 0.1) is 5.69 Å². The van der Waals surface area contributed by atoms with Gasteiger partial charge in [-0.3, -0.25) is 4.79 Å². The summed E-state index contributed by atoms with van der Waals surface area (Å²) in [4.78, 5) is 28.8. The first-order valence-electron chi connectivity index (χ1n) is 10.2. The topological polar surface area (TPSA) is 70.5 Å². The summed E-state index contributed by atoms with van der Waals surface area (Å²) in [5, 5.41) is 7.43. The molecule has 1 aliphatic heterocycles. The number of amides is 2. The molecule has 0 unspecified atom stereocenters. The van der Waals surface area contributed by atoms with Crippen LogP contribution in [0.4, 0.5) is 20.7 Å². The van der Waals surface area contributed by atoms with E-state index < -0.39 is 0 Å². The largest absolute Gasteiger partial charge is 0.353 e. The van der Waals surface area contributed by atoms with Crippen LogP contribution < -0.4 is 15.8 Å². The molecule has 0 spiro atoms. The van der Waals surface area contributed by atoms with Crippen molar-refractivity contribution < 1.29 is 9.18 Å². The van der Waals surface area contributed by atoms with E-state index >= 15 is 0 Å². The fourth-order valence-corrected chi connectivity index (χ4v) is 3.61. The molecule has 8 heteroatoms. The predicted molar refractivity (Wildman–Crippen MR) is 118 cm³/mol. The van der Waals surface area contributed by atoms with Crippen molar-refractivity contribution in [1.82, 2.24) is 14.7 Å². The third-order valence-electron chi connectivity index (χ3n) is 5.23. The van der Waals surface area contributed by atoms with Gasteiger partial charge in [0.15, 0.2) is 0 Å². The molecule has 1 saturated heterocycles. The minimum Gasteiger partial charge on any atom is -0.353 e. The highest BCUT2D eigenvalue weighted by Crippen LogP contribution is 2.16. The summed E-state index contributed by atoms with van der Waals surface area (Å²) >= 11 is 0. The van der Waals surface area contributed by atoms with E-state index in [1.807, 2.05) is 31.2 Å². The van der Waals surface area contributed by atoms with E-state index in [1.54, 1.807) is 11.0 Å². The molecule has 1 N–H and O–H groups in total. The highest BCUT2D eigenvalue weighted by molar-refractivity contribution is 5.89. The SMILES string of the molecule is Cc1cccc(NC(=O)N2CCCN(c3ccc(=O)n(-c4ccc(F)cc4)n3)CC2)c1. The maximum atomic E-state index is 13.2. The first-order chi connectivity index (χ1) is 15.0. The Balaban J connectivity index is 1.46. The smallest absolute Gasteiger partial charge is 0.321 e. The molecule has 4 rings (SSSR count). The molecule has 0 atom stereocenters. The quantitative estimate of drug-likeness (QED) is 0.704. The van der Waals surface area contributed by atoms with Gasteiger partial charge in [-0.15, -0.1) is 5.10 Å². The van der Waals surface area contributed by atoms with Crippen LogP contribution >= 0.6 is 0 Å². The Morgan fingerprint density at radius 3 is 2.58 bits per heavy atom. The van der Waals surface area contributed by atoms with Gasteiger partial charge < -0.3 is 15.1 Å². The number of carbonyl (C=O) groups is 1. The van der Waals surface area contributed by atoms with E-state index in [0.29, 0.717) is 37.7 Å². The minimum absolute atomic E-state index is 0.128. The molecular formula is C23H24FN5O2. The molecule has 0 radical (unpaired) electrons. The maximum absolute atomic E-state index is 13.2. The molecule has 2 aromatic carbocycles. The van der Waals surface area contributed by atoms with E-state index in [4.69, 9.17) is 0 Å². The number of benzene rings is 2. The van der Waals surface area contributed by atoms with Crippen molar-refractivity contribution in [1.29, 1.82) is 0 Å². The number of nitrogens with one attached hydrogen (secondary N) is 1. The fourth-order valence-electron chi connectivity index (χ4n) is 3.61. The zero-order valence-electron chi connectivity index (χ0n) is 17.3. The summed E-state index contributed by atoms with van der Waals surface area (Å²) < 4.78 is 14.5. The molecule has 1 fully saturated rings. The Bertz CT molecular complexity index is 1130. The maximum Gasteiger partial charge on any atom is 0.321 e. The third kappa shape index (κ3) is 4.91. The molecule has 7 nitrogen and oxygen atoms in total. The second-order valence-corrected chi connectivity index (χ2v) is 7.55. The number of aromatic nitrogens is 2. The average Bonchev–Trinajstić information content (AvgIpc) is 3.01. The van der Waals surface area contributed by atoms with Crippen LogP contribution in [0.3, 0.4) is 0 Å². The lowest BCUT2D eigenvalue weighted by molar-refractivity contribution is 0.215. The first kappa shape index (κ1) is 20.6. The Morgan fingerprint density at radius 1 is 1.00 bits per heavy atom. The molecule has 1 aromatic heterocycles. The van der Waals surface area contributed by atoms with Gasteiger partial charge in [-0.2, -0.15) is 4.68 Å². The summed E-state index contributed by atoms with van der Waals surface area (Å²) in [5.41, 5.74) is 2.08. The number of aryl methyl sites for hydroxylation is 1. The summed E-state index contributed by atoms with van der Waals surface area (Å²) in [6.45, 7) is 4.46. The summed E-state index contributed by atoms with van der Waals surface area (Å²) in [6.07, 6.45) is 0.776. The number of urea groups is 1. The van der Waals surface area contributed by atoms with Gasteiger partial charge in [-0.05, 0) is 61.4 Å². The molecule has 160 valence electrons. The molecule has 0 saturated carbocycles. The van der Waals surface area contributed by atoms with Crippen molar-refractivity contribution in [2.45, 2.75) is 13.3 Å². The van der Waals surface area contributed by atoms with Gasteiger partial charge in [-0.1, -0.05) is 12.1 Å². The zero-order valence-corrected chi connectivity index (χ0v) is 17.3. The second kappa shape index (κ2) is 8.99. The molecular weight excluding hydrogens is 397 g/mol. The number of hydrogen-bond acceptors (Lipinski definition) is 4. The number of carbonyl (C=O) groups excluding carboxylic acids is 1. The van der Waals surface area contributed by atoms with Crippen LogP contribution in [0.25, 0.3) is 5.69 Å². The van der Waals surface area contributed by atoms with Crippen LogP contribution in [0.5, 0.6) is 0 Å². The van der Waals surface area contributed by atoms with Crippen molar-refractivity contribution in [3.8, 4) is 5.69 Å². The molecule has 0 aliphatic carbocycles. The third-order valence-corrected chi connectivity index (χ3v) is 5.23. The number of rotatable bonds is 3. The number of hydrogen-bond donors (Lipinski definition) is 1. The van der Waals surface area contributed by atoms with Crippen molar-refractivity contribution in [2.75, 3.05) is 36.4 Å². The Morgan fingerprint density at radius 2 is 1.81 bits per heavy atom. The number of halogens is 1. The average molecular weight is 421 g/mol. The molecule has 0 bridgehead atoms. The highest BCUT2D eigenvalue weighted by atomic mass is 19.1. The van der Waals surface area contributed by atoms with Crippen LogP contribution in [-0.2, 0) is 0 Å². The van der Waals surface area contributed by atoms with Gasteiger partial charge in [0, 0.05) is 37.9 Å². The summed E-state index contributed by atoms with van der Waals surface area (Å²) in [5.74, 6) is 0.273. The van der Waals surface area contributed by atoms with Crippen molar-refractivity contribution in [3.05, 3.63) is 82.4 Å². The van der Waals surface area contributed by atoms with E-state index in [9.17, 15) is 14.0 Å². The lowest BCUT2D eigenvalue weighted by atomic mass is 10.2. The van der Waals surface area contributed by atoms with Crippen LogP contribution in [-0.4, -0.2) is 46.9 Å². The predicted octanol–water partition coefficient (Wildman–Crippen LogP) is 3.42. The van der Waals surface area contributed by atoms with Gasteiger partial charge in [0.25, 0.3) is 5.56 Å². The molecule has 31 heavy (non-hydrogen) atoms. The standard InChI is InChI=1S/C23H24FN5O2/c1-17-4-2-5-19(16-17)25-23(31)28-13-3-12-27(14-15-28)21-10-11-22(30)29(26-21)20-8-6-18(24)7-9-20/h2,4-11,16H,3,12-15H2,1H3,(H,25,31). The van der Waals surface area contributed by atoms with Crippen molar-refractivity contribution >= 4 is 17.5 Å². The van der Waals surface area contributed by atoms with Gasteiger partial charge in [0.2, 0.25) is 0 Å². The molecule has 3 aromatic rings. The van der Waals surface area contributed by atoms with E-state index in [0.717, 1.165) is 17.7 Å². The van der Waals surface area contributed by atoms with E-state index in [2.05, 4.69) is 15.3 Å². The molecule has 2 heterocycles. The number of nitrogens with zero attached hydrogens (tertiary/aromatic N) is 4. The van der Waals surface area contributed by atoms with Crippen LogP contribution in [0, 0.1) is 12.7 Å². The zero-order chi connectivity index (χ0) is 21.8. The van der Waals surface area contributed by atoms with Gasteiger partial charge in [0.1, 0.15) is 11.6 Å². The highest BCUT2D eigenvalue weighted by Gasteiger charge is 2.20. The summed E-state index contributed by atoms with van der Waals surface area (Å²) in [7, 11) is 0. The fraction of sp³-hybridized carbons (Fsp3) is 0.261. The lowest BCUT2D eigenvalue weighted by Crippen LogP contribution is -2.38. The normalized spacial score (nSPS) is 14.3. The Kier molecular flexibility index (Phi) is 5.97.